The molecule has 0 aliphatic carbocycles. The van der Waals surface area contributed by atoms with E-state index in [9.17, 15) is 0 Å². The molecule has 0 aliphatic rings. The Balaban J connectivity index is 3.13. The normalized spacial score (nSPS) is 14.8. The molecule has 2 unspecified atom stereocenters. The van der Waals surface area contributed by atoms with Gasteiger partial charge in [0.1, 0.15) is 0 Å². The molecule has 0 aliphatic heterocycles. The molecule has 0 amide bonds. The topological polar surface area (TPSA) is 14.1 Å². The summed E-state index contributed by atoms with van der Waals surface area (Å²) in [7, 11) is 0. The Kier molecular flexibility index (Phi) is 12.4. The maximum Gasteiger partial charge on any atom is 0.0133 e. The first-order valence-electron chi connectivity index (χ1n) is 7.83. The van der Waals surface area contributed by atoms with Crippen LogP contribution >= 0.6 is 0 Å². The van der Waals surface area contributed by atoms with E-state index in [1.807, 2.05) is 0 Å². The zero-order valence-electron chi connectivity index (χ0n) is 12.7. The Labute approximate surface area is 110 Å². The summed E-state index contributed by atoms with van der Waals surface area (Å²) in [5.41, 5.74) is 0. The van der Waals surface area contributed by atoms with Gasteiger partial charge in [-0.3, -0.25) is 0 Å². The quantitative estimate of drug-likeness (QED) is 0.425. The third-order valence-electron chi connectivity index (χ3n) is 3.59. The summed E-state index contributed by atoms with van der Waals surface area (Å²) < 4.78 is 0. The monoisotopic (exact) mass is 240 g/mol. The van der Waals surface area contributed by atoms with E-state index < -0.39 is 0 Å². The van der Waals surface area contributed by atoms with Crippen molar-refractivity contribution in [2.24, 2.45) is 11.8 Å². The van der Waals surface area contributed by atoms with Gasteiger partial charge in [-0.25, -0.2) is 5.32 Å². The highest BCUT2D eigenvalue weighted by Gasteiger charge is 2.01. The van der Waals surface area contributed by atoms with Gasteiger partial charge >= 0.3 is 0 Å². The van der Waals surface area contributed by atoms with Crippen LogP contribution in [0.2, 0.25) is 0 Å². The average molecular weight is 240 g/mol. The first kappa shape index (κ1) is 17.0. The van der Waals surface area contributed by atoms with Gasteiger partial charge in [0.15, 0.2) is 0 Å². The van der Waals surface area contributed by atoms with Gasteiger partial charge in [0.2, 0.25) is 0 Å². The molecule has 0 bridgehead atoms. The van der Waals surface area contributed by atoms with Gasteiger partial charge in [-0.05, 0) is 37.5 Å². The van der Waals surface area contributed by atoms with E-state index in [2.05, 4.69) is 33.0 Å². The minimum Gasteiger partial charge on any atom is -0.242 e. The largest absolute Gasteiger partial charge is 0.242 e. The van der Waals surface area contributed by atoms with E-state index in [4.69, 9.17) is 0 Å². The van der Waals surface area contributed by atoms with Gasteiger partial charge in [-0.1, -0.05) is 53.4 Å². The lowest BCUT2D eigenvalue weighted by Crippen LogP contribution is -2.10. The van der Waals surface area contributed by atoms with Crippen molar-refractivity contribution in [2.45, 2.75) is 79.1 Å². The van der Waals surface area contributed by atoms with Gasteiger partial charge in [0.05, 0.1) is 0 Å². The molecule has 0 fully saturated rings. The summed E-state index contributed by atoms with van der Waals surface area (Å²) in [5.74, 6) is 1.81. The predicted octanol–water partition coefficient (Wildman–Crippen LogP) is 5.02. The Hall–Kier alpha value is -0.0400. The molecule has 0 N–H and O–H groups in total. The molecule has 0 spiro atoms. The first-order chi connectivity index (χ1) is 8.20. The van der Waals surface area contributed by atoms with Gasteiger partial charge in [0.25, 0.3) is 0 Å². The average Bonchev–Trinajstić information content (AvgIpc) is 2.28. The number of rotatable bonds is 12. The summed E-state index contributed by atoms with van der Waals surface area (Å²) in [6, 6.07) is 0. The van der Waals surface area contributed by atoms with Gasteiger partial charge in [0, 0.05) is 13.1 Å². The van der Waals surface area contributed by atoms with E-state index in [-0.39, 0.29) is 0 Å². The van der Waals surface area contributed by atoms with Crippen molar-refractivity contribution in [2.75, 3.05) is 13.1 Å². The third kappa shape index (κ3) is 12.2. The molecule has 0 saturated heterocycles. The lowest BCUT2D eigenvalue weighted by Gasteiger charge is -2.10. The molecular formula is C16H34N. The molecule has 1 heteroatoms. The molecule has 0 saturated carbocycles. The van der Waals surface area contributed by atoms with Crippen LogP contribution in [0.1, 0.15) is 79.1 Å². The van der Waals surface area contributed by atoms with Crippen LogP contribution in [0.4, 0.5) is 0 Å². The summed E-state index contributed by atoms with van der Waals surface area (Å²) >= 11 is 0. The van der Waals surface area contributed by atoms with Crippen molar-refractivity contribution in [3.8, 4) is 0 Å². The molecule has 1 nitrogen and oxygen atoms in total. The van der Waals surface area contributed by atoms with E-state index in [1.54, 1.807) is 0 Å². The number of nitrogens with zero attached hydrogens (tertiary/aromatic N) is 1. The minimum absolute atomic E-state index is 0.903. The molecule has 0 aromatic heterocycles. The first-order valence-corrected chi connectivity index (χ1v) is 7.83. The van der Waals surface area contributed by atoms with Crippen LogP contribution in [0, 0.1) is 11.8 Å². The van der Waals surface area contributed by atoms with Crippen LogP contribution in [0.15, 0.2) is 0 Å². The molecule has 0 heterocycles. The second-order valence-corrected chi connectivity index (χ2v) is 5.74. The van der Waals surface area contributed by atoms with Crippen LogP contribution in [0.3, 0.4) is 0 Å². The van der Waals surface area contributed by atoms with E-state index in [0.717, 1.165) is 24.9 Å². The minimum atomic E-state index is 0.903. The fraction of sp³-hybridized carbons (Fsp3) is 1.00. The highest BCUT2D eigenvalue weighted by Crippen LogP contribution is 2.12. The summed E-state index contributed by atoms with van der Waals surface area (Å²) in [6.07, 6.45) is 10.7. The highest BCUT2D eigenvalue weighted by molar-refractivity contribution is 4.57. The van der Waals surface area contributed by atoms with Crippen LogP contribution in [-0.4, -0.2) is 13.1 Å². The Morgan fingerprint density at radius 1 is 0.706 bits per heavy atom. The SMILES string of the molecule is CCCC(C)CCC[N]CCCC(C)CCC. The van der Waals surface area contributed by atoms with Crippen LogP contribution in [0.25, 0.3) is 0 Å². The van der Waals surface area contributed by atoms with Crippen molar-refractivity contribution in [1.82, 2.24) is 5.32 Å². The standard InChI is InChI=1S/C16H34N/c1-5-9-15(3)11-7-13-17-14-8-12-16(4)10-6-2/h15-16H,5-14H2,1-4H3. The zero-order chi connectivity index (χ0) is 12.9. The Bertz CT molecular complexity index is 128. The van der Waals surface area contributed by atoms with Crippen molar-refractivity contribution in [3.05, 3.63) is 0 Å². The summed E-state index contributed by atoms with van der Waals surface area (Å²) in [4.78, 5) is 0. The van der Waals surface area contributed by atoms with Crippen molar-refractivity contribution in [3.63, 3.8) is 0 Å². The smallest absolute Gasteiger partial charge is 0.0133 e. The van der Waals surface area contributed by atoms with Crippen LogP contribution < -0.4 is 5.32 Å². The Morgan fingerprint density at radius 3 is 1.47 bits per heavy atom. The molecule has 0 aromatic rings. The number of hydrogen-bond acceptors (Lipinski definition) is 0. The third-order valence-corrected chi connectivity index (χ3v) is 3.59. The molecule has 17 heavy (non-hydrogen) atoms. The number of hydrogen-bond donors (Lipinski definition) is 0. The van der Waals surface area contributed by atoms with Crippen molar-refractivity contribution < 1.29 is 0 Å². The molecule has 0 rings (SSSR count). The second kappa shape index (κ2) is 12.4. The summed E-state index contributed by atoms with van der Waals surface area (Å²) in [6.45, 7) is 11.5. The van der Waals surface area contributed by atoms with E-state index in [1.165, 1.54) is 51.4 Å². The van der Waals surface area contributed by atoms with Crippen molar-refractivity contribution in [1.29, 1.82) is 0 Å². The maximum atomic E-state index is 4.64. The maximum absolute atomic E-state index is 4.64. The van der Waals surface area contributed by atoms with Gasteiger partial charge in [-0.2, -0.15) is 0 Å². The molecule has 2 atom stereocenters. The Morgan fingerprint density at radius 2 is 1.12 bits per heavy atom. The predicted molar refractivity (Wildman–Crippen MR) is 78.5 cm³/mol. The fourth-order valence-electron chi connectivity index (χ4n) is 2.49. The molecular weight excluding hydrogens is 206 g/mol. The lowest BCUT2D eigenvalue weighted by atomic mass is 10.00. The highest BCUT2D eigenvalue weighted by atomic mass is 14.8. The van der Waals surface area contributed by atoms with Gasteiger partial charge < -0.3 is 0 Å². The molecule has 103 valence electrons. The van der Waals surface area contributed by atoms with Crippen molar-refractivity contribution >= 4 is 0 Å². The van der Waals surface area contributed by atoms with E-state index >= 15 is 0 Å². The fourth-order valence-corrected chi connectivity index (χ4v) is 2.49. The van der Waals surface area contributed by atoms with Gasteiger partial charge in [-0.15, -0.1) is 0 Å². The summed E-state index contributed by atoms with van der Waals surface area (Å²) in [5, 5.41) is 4.64. The van der Waals surface area contributed by atoms with Crippen LogP contribution in [0.5, 0.6) is 0 Å². The zero-order valence-corrected chi connectivity index (χ0v) is 12.7. The molecule has 1 radical (unpaired) electrons. The van der Waals surface area contributed by atoms with E-state index in [0.29, 0.717) is 0 Å². The lowest BCUT2D eigenvalue weighted by molar-refractivity contribution is 0.437. The second-order valence-electron chi connectivity index (χ2n) is 5.74. The molecule has 0 aromatic carbocycles. The van der Waals surface area contributed by atoms with Crippen LogP contribution in [-0.2, 0) is 0 Å².